The van der Waals surface area contributed by atoms with Crippen molar-refractivity contribution in [3.05, 3.63) is 90.3 Å². The molecule has 5 heteroatoms. The monoisotopic (exact) mass is 448 g/mol. The van der Waals surface area contributed by atoms with E-state index in [2.05, 4.69) is 79.2 Å². The number of nitrogens with zero attached hydrogens (tertiary/aromatic N) is 2. The van der Waals surface area contributed by atoms with Crippen molar-refractivity contribution in [2.45, 2.75) is 26.7 Å². The second kappa shape index (κ2) is 9.71. The summed E-state index contributed by atoms with van der Waals surface area (Å²) in [6.07, 6.45) is 2.20. The zero-order valence-electron chi connectivity index (χ0n) is 19.6. The van der Waals surface area contributed by atoms with Gasteiger partial charge in [0.05, 0.1) is 11.0 Å². The lowest BCUT2D eigenvalue weighted by Gasteiger charge is -2.15. The lowest BCUT2D eigenvalue weighted by Crippen LogP contribution is -1.98. The van der Waals surface area contributed by atoms with Crippen molar-refractivity contribution in [2.75, 3.05) is 5.73 Å². The highest BCUT2D eigenvalue weighted by Crippen LogP contribution is 2.37. The lowest BCUT2D eigenvalue weighted by atomic mass is 9.93. The third-order valence-corrected chi connectivity index (χ3v) is 5.94. The molecule has 0 saturated carbocycles. The first-order valence-electron chi connectivity index (χ1n) is 11.2. The maximum Gasteiger partial charge on any atom is 0.204 e. The number of pyridine rings is 2. The van der Waals surface area contributed by atoms with E-state index in [0.717, 1.165) is 61.0 Å². The number of aryl methyl sites for hydroxylation is 1. The third kappa shape index (κ3) is 4.46. The third-order valence-electron chi connectivity index (χ3n) is 5.94. The molecule has 5 aromatic rings. The Balaban J connectivity index is 0.000000868. The van der Waals surface area contributed by atoms with Gasteiger partial charge in [-0.2, -0.15) is 0 Å². The fourth-order valence-electron chi connectivity index (χ4n) is 4.06. The highest BCUT2D eigenvalue weighted by molar-refractivity contribution is 6.03. The van der Waals surface area contributed by atoms with E-state index in [9.17, 15) is 0 Å². The molecule has 3 aromatic carbocycles. The highest BCUT2D eigenvalue weighted by Gasteiger charge is 2.15. The van der Waals surface area contributed by atoms with Gasteiger partial charge in [-0.15, -0.1) is 0 Å². The second-order valence-electron chi connectivity index (χ2n) is 8.58. The van der Waals surface area contributed by atoms with E-state index in [0.29, 0.717) is 5.92 Å². The number of nitrogens with two attached hydrogens (primary N) is 2. The fourth-order valence-corrected chi connectivity index (χ4v) is 4.06. The van der Waals surface area contributed by atoms with Crippen LogP contribution in [-0.2, 0) is 4.79 Å². The number of carbonyl (C=O) groups excluding carboxylic acids is 1. The molecule has 0 spiro atoms. The van der Waals surface area contributed by atoms with Crippen LogP contribution < -0.4 is 11.5 Å². The van der Waals surface area contributed by atoms with Gasteiger partial charge < -0.3 is 11.5 Å². The van der Waals surface area contributed by atoms with Crippen LogP contribution in [0.25, 0.3) is 44.1 Å². The average molecular weight is 449 g/mol. The van der Waals surface area contributed by atoms with Gasteiger partial charge >= 0.3 is 0 Å². The van der Waals surface area contributed by atoms with E-state index in [1.54, 1.807) is 0 Å². The number of primary amides is 1. The summed E-state index contributed by atoms with van der Waals surface area (Å²) in [4.78, 5) is 18.4. The van der Waals surface area contributed by atoms with E-state index in [-0.39, 0.29) is 6.41 Å². The molecule has 2 heterocycles. The van der Waals surface area contributed by atoms with E-state index in [1.807, 2.05) is 31.3 Å². The number of hydrogen-bond acceptors (Lipinski definition) is 4. The number of anilines is 1. The molecule has 2 aromatic heterocycles. The predicted molar refractivity (Wildman–Crippen MR) is 141 cm³/mol. The quantitative estimate of drug-likeness (QED) is 0.252. The summed E-state index contributed by atoms with van der Waals surface area (Å²) in [6.45, 7) is 6.40. The van der Waals surface area contributed by atoms with Gasteiger partial charge in [0, 0.05) is 39.5 Å². The molecule has 5 rings (SSSR count). The zero-order chi connectivity index (χ0) is 24.2. The Kier molecular flexibility index (Phi) is 6.55. The van der Waals surface area contributed by atoms with Crippen LogP contribution in [0.15, 0.2) is 79.0 Å². The molecule has 0 aliphatic rings. The van der Waals surface area contributed by atoms with E-state index < -0.39 is 0 Å². The van der Waals surface area contributed by atoms with Crippen LogP contribution in [0.1, 0.15) is 31.0 Å². The number of benzene rings is 3. The Hall–Kier alpha value is -4.25. The van der Waals surface area contributed by atoms with Gasteiger partial charge in [-0.25, -0.2) is 0 Å². The first-order chi connectivity index (χ1) is 16.4. The molecule has 0 aliphatic carbocycles. The van der Waals surface area contributed by atoms with Crippen LogP contribution in [0.3, 0.4) is 0 Å². The van der Waals surface area contributed by atoms with E-state index in [4.69, 9.17) is 15.5 Å². The Bertz CT molecular complexity index is 1490. The van der Waals surface area contributed by atoms with Gasteiger partial charge in [0.2, 0.25) is 6.41 Å². The molecule has 0 unspecified atom stereocenters. The van der Waals surface area contributed by atoms with Crippen LogP contribution in [-0.4, -0.2) is 16.4 Å². The Morgan fingerprint density at radius 1 is 0.882 bits per heavy atom. The number of nitrogen functional groups attached to an aromatic ring is 1. The van der Waals surface area contributed by atoms with Crippen molar-refractivity contribution >= 4 is 33.9 Å². The first-order valence-corrected chi connectivity index (χ1v) is 11.2. The van der Waals surface area contributed by atoms with Gasteiger partial charge in [0.25, 0.3) is 0 Å². The topological polar surface area (TPSA) is 94.9 Å². The molecule has 1 amide bonds. The number of aromatic nitrogens is 2. The van der Waals surface area contributed by atoms with Crippen LogP contribution in [0.2, 0.25) is 0 Å². The lowest BCUT2D eigenvalue weighted by molar-refractivity contribution is -0.106. The largest absolute Gasteiger partial charge is 0.398 e. The number of carbonyl (C=O) groups is 1. The van der Waals surface area contributed by atoms with E-state index in [1.165, 1.54) is 0 Å². The maximum atomic E-state index is 8.58. The number of hydrogen-bond donors (Lipinski definition) is 2. The summed E-state index contributed by atoms with van der Waals surface area (Å²) in [7, 11) is 0. The highest BCUT2D eigenvalue weighted by atomic mass is 16.1. The summed E-state index contributed by atoms with van der Waals surface area (Å²) in [6, 6.07) is 25.3. The van der Waals surface area contributed by atoms with Crippen LogP contribution in [0, 0.1) is 6.92 Å². The Morgan fingerprint density at radius 3 is 2.38 bits per heavy atom. The molecule has 0 aliphatic heterocycles. The summed E-state index contributed by atoms with van der Waals surface area (Å²) < 4.78 is 0. The molecule has 0 fully saturated rings. The molecule has 34 heavy (non-hydrogen) atoms. The molecular weight excluding hydrogens is 420 g/mol. The van der Waals surface area contributed by atoms with Gasteiger partial charge in [-0.05, 0) is 53.8 Å². The van der Waals surface area contributed by atoms with Crippen LogP contribution in [0.4, 0.5) is 5.69 Å². The van der Waals surface area contributed by atoms with Crippen molar-refractivity contribution < 1.29 is 4.79 Å². The number of fused-ring (bicyclic) bond motifs is 2. The Labute approximate surface area is 199 Å². The van der Waals surface area contributed by atoms with Crippen molar-refractivity contribution in [3.63, 3.8) is 0 Å². The minimum atomic E-state index is 0.250. The molecular formula is C29H28N4O. The van der Waals surface area contributed by atoms with Crippen molar-refractivity contribution in [3.8, 4) is 22.3 Å². The molecule has 4 N–H and O–H groups in total. The van der Waals surface area contributed by atoms with E-state index >= 15 is 0 Å². The van der Waals surface area contributed by atoms with Gasteiger partial charge in [-0.1, -0.05) is 62.4 Å². The van der Waals surface area contributed by atoms with Crippen molar-refractivity contribution in [1.82, 2.24) is 9.97 Å². The second-order valence-corrected chi connectivity index (χ2v) is 8.58. The average Bonchev–Trinajstić information content (AvgIpc) is 2.85. The molecule has 0 saturated heterocycles. The van der Waals surface area contributed by atoms with Crippen LogP contribution in [0.5, 0.6) is 0 Å². The van der Waals surface area contributed by atoms with Gasteiger partial charge in [-0.3, -0.25) is 14.8 Å². The molecule has 0 bridgehead atoms. The molecule has 0 radical (unpaired) electrons. The van der Waals surface area contributed by atoms with Crippen molar-refractivity contribution in [2.24, 2.45) is 5.73 Å². The smallest absolute Gasteiger partial charge is 0.204 e. The first kappa shape index (κ1) is 22.9. The predicted octanol–water partition coefficient (Wildman–Crippen LogP) is 6.23. The van der Waals surface area contributed by atoms with Gasteiger partial charge in [0.1, 0.15) is 0 Å². The molecule has 170 valence electrons. The van der Waals surface area contributed by atoms with Crippen molar-refractivity contribution in [1.29, 1.82) is 0 Å². The molecule has 0 atom stereocenters. The summed E-state index contributed by atoms with van der Waals surface area (Å²) in [5, 5.41) is 2.25. The SMILES string of the molecule is Cc1ccc(-c2cc(C(C)C)nc3c(-c4cnc5ccccc5c4)cccc23)cc1N.NC=O. The molecule has 5 nitrogen and oxygen atoms in total. The minimum Gasteiger partial charge on any atom is -0.398 e. The standard InChI is InChI=1S/C28H25N3.CH3NO/c1-17(2)27-15-24(19-12-11-18(3)25(29)14-19)23-9-6-8-22(28(23)31-27)21-13-20-7-4-5-10-26(20)30-16-21;2-1-3/h4-17H,29H2,1-3H3;1H,(H2,2,3). The number of para-hydroxylation sites is 2. The van der Waals surface area contributed by atoms with Gasteiger partial charge in [0.15, 0.2) is 0 Å². The number of amides is 1. The minimum absolute atomic E-state index is 0.250. The number of rotatable bonds is 3. The Morgan fingerprint density at radius 2 is 1.65 bits per heavy atom. The fraction of sp³-hybridized carbons (Fsp3) is 0.138. The zero-order valence-corrected chi connectivity index (χ0v) is 19.6. The maximum absolute atomic E-state index is 8.58. The normalized spacial score (nSPS) is 10.8. The summed E-state index contributed by atoms with van der Waals surface area (Å²) in [5.74, 6) is 0.314. The summed E-state index contributed by atoms with van der Waals surface area (Å²) >= 11 is 0. The van der Waals surface area contributed by atoms with Crippen LogP contribution >= 0.6 is 0 Å². The summed E-state index contributed by atoms with van der Waals surface area (Å²) in [5.41, 5.74) is 19.8.